The molecule has 2 fully saturated rings. The van der Waals surface area contributed by atoms with Crippen molar-refractivity contribution in [1.82, 2.24) is 10.2 Å². The molecule has 21 heavy (non-hydrogen) atoms. The Labute approximate surface area is 128 Å². The molecule has 0 bridgehead atoms. The zero-order chi connectivity index (χ0) is 15.7. The van der Waals surface area contributed by atoms with E-state index < -0.39 is 0 Å². The molecular formula is C17H30N2O2. The molecule has 2 amide bonds. The Hall–Kier alpha value is -1.06. The van der Waals surface area contributed by atoms with Crippen LogP contribution in [0.3, 0.4) is 0 Å². The van der Waals surface area contributed by atoms with Crippen LogP contribution in [-0.4, -0.2) is 34.8 Å². The lowest BCUT2D eigenvalue weighted by atomic mass is 9.77. The molecule has 0 radical (unpaired) electrons. The molecule has 0 aromatic rings. The SMILES string of the molecule is CCC(C)C1NC(=O)C(C)N(C2CCC(C)C(C)C2)C1=O. The molecular weight excluding hydrogens is 264 g/mol. The lowest BCUT2D eigenvalue weighted by Gasteiger charge is -2.46. The summed E-state index contributed by atoms with van der Waals surface area (Å²) in [4.78, 5) is 27.0. The Morgan fingerprint density at radius 2 is 1.86 bits per heavy atom. The van der Waals surface area contributed by atoms with Crippen LogP contribution < -0.4 is 5.32 Å². The predicted molar refractivity (Wildman–Crippen MR) is 83.7 cm³/mol. The van der Waals surface area contributed by atoms with E-state index in [0.717, 1.165) is 31.6 Å². The van der Waals surface area contributed by atoms with Crippen LogP contribution in [0.1, 0.15) is 60.3 Å². The van der Waals surface area contributed by atoms with Crippen LogP contribution >= 0.6 is 0 Å². The van der Waals surface area contributed by atoms with Gasteiger partial charge < -0.3 is 10.2 Å². The van der Waals surface area contributed by atoms with Crippen LogP contribution in [0.4, 0.5) is 0 Å². The number of carbonyl (C=O) groups is 2. The molecule has 120 valence electrons. The van der Waals surface area contributed by atoms with Crippen LogP contribution in [0.25, 0.3) is 0 Å². The minimum Gasteiger partial charge on any atom is -0.342 e. The van der Waals surface area contributed by atoms with Crippen molar-refractivity contribution in [1.29, 1.82) is 0 Å². The van der Waals surface area contributed by atoms with E-state index in [2.05, 4.69) is 26.1 Å². The van der Waals surface area contributed by atoms with Crippen LogP contribution in [0.15, 0.2) is 0 Å². The summed E-state index contributed by atoms with van der Waals surface area (Å²) in [6.45, 7) is 10.5. The number of amides is 2. The second-order valence-corrected chi connectivity index (χ2v) is 7.21. The van der Waals surface area contributed by atoms with Crippen LogP contribution in [-0.2, 0) is 9.59 Å². The van der Waals surface area contributed by atoms with Gasteiger partial charge in [-0.15, -0.1) is 0 Å². The lowest BCUT2D eigenvalue weighted by molar-refractivity contribution is -0.154. The van der Waals surface area contributed by atoms with Crippen molar-refractivity contribution in [2.45, 2.75) is 78.4 Å². The topological polar surface area (TPSA) is 49.4 Å². The normalized spacial score (nSPS) is 39.1. The van der Waals surface area contributed by atoms with Crippen molar-refractivity contribution in [3.05, 3.63) is 0 Å². The van der Waals surface area contributed by atoms with Gasteiger partial charge >= 0.3 is 0 Å². The molecule has 0 aromatic heterocycles. The van der Waals surface area contributed by atoms with Crippen molar-refractivity contribution in [3.8, 4) is 0 Å². The third-order valence-electron chi connectivity index (χ3n) is 5.79. The molecule has 1 heterocycles. The molecule has 1 saturated carbocycles. The molecule has 2 rings (SSSR count). The van der Waals surface area contributed by atoms with Gasteiger partial charge in [-0.05, 0) is 43.9 Å². The summed E-state index contributed by atoms with van der Waals surface area (Å²) in [5.74, 6) is 1.66. The number of rotatable bonds is 3. The van der Waals surface area contributed by atoms with Crippen molar-refractivity contribution >= 4 is 11.8 Å². The van der Waals surface area contributed by atoms with Crippen LogP contribution in [0.2, 0.25) is 0 Å². The molecule has 2 aliphatic rings. The van der Waals surface area contributed by atoms with Crippen molar-refractivity contribution in [2.24, 2.45) is 17.8 Å². The quantitative estimate of drug-likeness (QED) is 0.869. The molecule has 6 unspecified atom stereocenters. The molecule has 0 spiro atoms. The fourth-order valence-electron chi connectivity index (χ4n) is 3.70. The van der Waals surface area contributed by atoms with E-state index in [0.29, 0.717) is 5.92 Å². The van der Waals surface area contributed by atoms with Gasteiger partial charge in [0.25, 0.3) is 0 Å². The van der Waals surface area contributed by atoms with E-state index in [1.165, 1.54) is 0 Å². The first-order chi connectivity index (χ1) is 9.86. The second kappa shape index (κ2) is 6.37. The van der Waals surface area contributed by atoms with Gasteiger partial charge in [-0.25, -0.2) is 0 Å². The first-order valence-electron chi connectivity index (χ1n) is 8.49. The Balaban J connectivity index is 2.19. The minimum atomic E-state index is -0.339. The van der Waals surface area contributed by atoms with Crippen LogP contribution in [0, 0.1) is 17.8 Å². The molecule has 0 aromatic carbocycles. The maximum absolute atomic E-state index is 12.9. The summed E-state index contributed by atoms with van der Waals surface area (Å²) in [6, 6.07) is -0.437. The average Bonchev–Trinajstić information content (AvgIpc) is 2.46. The summed E-state index contributed by atoms with van der Waals surface area (Å²) < 4.78 is 0. The number of nitrogens with zero attached hydrogens (tertiary/aromatic N) is 1. The van der Waals surface area contributed by atoms with Crippen molar-refractivity contribution in [3.63, 3.8) is 0 Å². The first kappa shape index (κ1) is 16.3. The summed E-state index contributed by atoms with van der Waals surface area (Å²) in [5.41, 5.74) is 0. The maximum Gasteiger partial charge on any atom is 0.246 e. The summed E-state index contributed by atoms with van der Waals surface area (Å²) in [6.07, 6.45) is 4.11. The fourth-order valence-corrected chi connectivity index (χ4v) is 3.70. The standard InChI is InChI=1S/C17H30N2O2/c1-6-10(2)15-17(21)19(13(5)16(20)18-15)14-8-7-11(3)12(4)9-14/h10-15H,6-9H2,1-5H3,(H,18,20). The highest BCUT2D eigenvalue weighted by molar-refractivity contribution is 5.97. The number of nitrogens with one attached hydrogen (secondary N) is 1. The van der Waals surface area contributed by atoms with Gasteiger partial charge in [0.05, 0.1) is 0 Å². The van der Waals surface area contributed by atoms with Gasteiger partial charge in [0.2, 0.25) is 11.8 Å². The Bertz CT molecular complexity index is 410. The Kier molecular flexibility index (Phi) is 4.95. The third-order valence-corrected chi connectivity index (χ3v) is 5.79. The van der Waals surface area contributed by atoms with E-state index in [1.54, 1.807) is 0 Å². The largest absolute Gasteiger partial charge is 0.342 e. The second-order valence-electron chi connectivity index (χ2n) is 7.21. The highest BCUT2D eigenvalue weighted by atomic mass is 16.2. The molecule has 1 aliphatic heterocycles. The summed E-state index contributed by atoms with van der Waals surface area (Å²) >= 11 is 0. The van der Waals surface area contributed by atoms with Gasteiger partial charge in [-0.1, -0.05) is 34.1 Å². The zero-order valence-electron chi connectivity index (χ0n) is 14.1. The number of carbonyl (C=O) groups excluding carboxylic acids is 2. The lowest BCUT2D eigenvalue weighted by Crippen LogP contribution is -2.66. The Morgan fingerprint density at radius 3 is 2.43 bits per heavy atom. The van der Waals surface area contributed by atoms with Crippen molar-refractivity contribution < 1.29 is 9.59 Å². The van der Waals surface area contributed by atoms with E-state index in [-0.39, 0.29) is 35.9 Å². The smallest absolute Gasteiger partial charge is 0.246 e. The molecule has 6 atom stereocenters. The monoisotopic (exact) mass is 294 g/mol. The summed E-state index contributed by atoms with van der Waals surface area (Å²) in [5, 5.41) is 2.93. The van der Waals surface area contributed by atoms with Gasteiger partial charge in [0.15, 0.2) is 0 Å². The molecule has 1 N–H and O–H groups in total. The van der Waals surface area contributed by atoms with Crippen LogP contribution in [0.5, 0.6) is 0 Å². The number of hydrogen-bond acceptors (Lipinski definition) is 2. The van der Waals surface area contributed by atoms with E-state index in [9.17, 15) is 9.59 Å². The average molecular weight is 294 g/mol. The summed E-state index contributed by atoms with van der Waals surface area (Å²) in [7, 11) is 0. The molecule has 1 aliphatic carbocycles. The predicted octanol–water partition coefficient (Wildman–Crippen LogP) is 2.57. The van der Waals surface area contributed by atoms with E-state index in [1.807, 2.05) is 18.7 Å². The van der Waals surface area contributed by atoms with E-state index in [4.69, 9.17) is 0 Å². The van der Waals surface area contributed by atoms with Gasteiger partial charge in [-0.2, -0.15) is 0 Å². The van der Waals surface area contributed by atoms with Gasteiger partial charge in [0.1, 0.15) is 12.1 Å². The van der Waals surface area contributed by atoms with Gasteiger partial charge in [0, 0.05) is 6.04 Å². The highest BCUT2D eigenvalue weighted by Gasteiger charge is 2.44. The minimum absolute atomic E-state index is 0.00572. The number of piperazine rings is 1. The number of hydrogen-bond donors (Lipinski definition) is 1. The first-order valence-corrected chi connectivity index (χ1v) is 8.49. The highest BCUT2D eigenvalue weighted by Crippen LogP contribution is 2.34. The van der Waals surface area contributed by atoms with Gasteiger partial charge in [-0.3, -0.25) is 9.59 Å². The molecule has 1 saturated heterocycles. The van der Waals surface area contributed by atoms with E-state index >= 15 is 0 Å². The zero-order valence-corrected chi connectivity index (χ0v) is 14.1. The maximum atomic E-state index is 12.9. The fraction of sp³-hybridized carbons (Fsp3) is 0.882. The van der Waals surface area contributed by atoms with Crippen molar-refractivity contribution in [2.75, 3.05) is 0 Å². The molecule has 4 heteroatoms. The Morgan fingerprint density at radius 1 is 1.19 bits per heavy atom. The third kappa shape index (κ3) is 3.09. The molecule has 4 nitrogen and oxygen atoms in total.